The van der Waals surface area contributed by atoms with Crippen LogP contribution in [-0.4, -0.2) is 61.1 Å². The van der Waals surface area contributed by atoms with Gasteiger partial charge in [0.15, 0.2) is 9.84 Å². The number of sulfone groups is 1. The Morgan fingerprint density at radius 3 is 2.50 bits per heavy atom. The molecule has 2 amide bonds. The molecule has 1 saturated heterocycles. The summed E-state index contributed by atoms with van der Waals surface area (Å²) in [6, 6.07) is -0.410. The van der Waals surface area contributed by atoms with E-state index in [4.69, 9.17) is 5.11 Å². The second-order valence-corrected chi connectivity index (χ2v) is 8.46. The fraction of sp³-hybridized carbons (Fsp3) is 0.833. The van der Waals surface area contributed by atoms with Gasteiger partial charge in [0.05, 0.1) is 10.7 Å². The standard InChI is InChI=1S/C12H22N2O5S/c1-12(2,20(3,18)19)8-13-11(17)14-6-4-5-9(7-14)10(15)16/h9H,4-8H2,1-3H3,(H,13,17)(H,15,16). The molecule has 1 aliphatic heterocycles. The summed E-state index contributed by atoms with van der Waals surface area (Å²) >= 11 is 0. The molecule has 1 aliphatic rings. The zero-order valence-corrected chi connectivity index (χ0v) is 12.9. The predicted octanol–water partition coefficient (Wildman–Crippen LogP) is 0.316. The van der Waals surface area contributed by atoms with Crippen molar-refractivity contribution in [3.63, 3.8) is 0 Å². The molecular weight excluding hydrogens is 284 g/mol. The molecule has 7 nitrogen and oxygen atoms in total. The average Bonchev–Trinajstić information content (AvgIpc) is 2.34. The number of rotatable bonds is 4. The number of hydrogen-bond acceptors (Lipinski definition) is 4. The number of carbonyl (C=O) groups is 2. The highest BCUT2D eigenvalue weighted by Gasteiger charge is 2.32. The van der Waals surface area contributed by atoms with E-state index in [-0.39, 0.29) is 13.1 Å². The van der Waals surface area contributed by atoms with Gasteiger partial charge in [-0.25, -0.2) is 13.2 Å². The van der Waals surface area contributed by atoms with E-state index in [1.165, 1.54) is 4.90 Å². The van der Waals surface area contributed by atoms with Crippen LogP contribution in [0.1, 0.15) is 26.7 Å². The number of nitrogens with one attached hydrogen (secondary N) is 1. The number of carbonyl (C=O) groups excluding carboxylic acids is 1. The number of hydrogen-bond donors (Lipinski definition) is 2. The topological polar surface area (TPSA) is 104 Å². The Labute approximate surface area is 119 Å². The van der Waals surface area contributed by atoms with Gasteiger partial charge in [-0.3, -0.25) is 4.79 Å². The molecule has 1 unspecified atom stereocenters. The van der Waals surface area contributed by atoms with Crippen LogP contribution in [0.4, 0.5) is 4.79 Å². The van der Waals surface area contributed by atoms with E-state index < -0.39 is 32.5 Å². The quantitative estimate of drug-likeness (QED) is 0.778. The van der Waals surface area contributed by atoms with Gasteiger partial charge in [0, 0.05) is 25.9 Å². The van der Waals surface area contributed by atoms with Crippen LogP contribution < -0.4 is 5.32 Å². The van der Waals surface area contributed by atoms with Gasteiger partial charge in [0.25, 0.3) is 0 Å². The van der Waals surface area contributed by atoms with E-state index in [0.29, 0.717) is 19.4 Å². The van der Waals surface area contributed by atoms with Gasteiger partial charge >= 0.3 is 12.0 Å². The highest BCUT2D eigenvalue weighted by molar-refractivity contribution is 7.92. The molecule has 0 aromatic carbocycles. The average molecular weight is 306 g/mol. The number of likely N-dealkylation sites (tertiary alicyclic amines) is 1. The molecule has 1 heterocycles. The Balaban J connectivity index is 2.57. The lowest BCUT2D eigenvalue weighted by Crippen LogP contribution is -2.51. The van der Waals surface area contributed by atoms with Crippen molar-refractivity contribution in [3.05, 3.63) is 0 Å². The smallest absolute Gasteiger partial charge is 0.317 e. The van der Waals surface area contributed by atoms with Crippen molar-refractivity contribution in [3.8, 4) is 0 Å². The summed E-state index contributed by atoms with van der Waals surface area (Å²) in [5.41, 5.74) is 0. The molecule has 1 rings (SSSR count). The third-order valence-electron chi connectivity index (χ3n) is 3.73. The molecule has 0 radical (unpaired) electrons. The second-order valence-electron chi connectivity index (χ2n) is 5.81. The van der Waals surface area contributed by atoms with Gasteiger partial charge < -0.3 is 15.3 Å². The molecule has 0 saturated carbocycles. The summed E-state index contributed by atoms with van der Waals surface area (Å²) < 4.78 is 22.0. The van der Waals surface area contributed by atoms with Crippen molar-refractivity contribution in [1.29, 1.82) is 0 Å². The number of nitrogens with zero attached hydrogens (tertiary/aromatic N) is 1. The molecule has 1 atom stereocenters. The molecule has 8 heteroatoms. The Hall–Kier alpha value is -1.31. The normalized spacial score (nSPS) is 20.6. The number of amides is 2. The van der Waals surface area contributed by atoms with Crippen molar-refractivity contribution in [2.45, 2.75) is 31.4 Å². The zero-order valence-electron chi connectivity index (χ0n) is 12.0. The van der Waals surface area contributed by atoms with Gasteiger partial charge in [-0.15, -0.1) is 0 Å². The van der Waals surface area contributed by atoms with Crippen LogP contribution >= 0.6 is 0 Å². The van der Waals surface area contributed by atoms with E-state index >= 15 is 0 Å². The first kappa shape index (κ1) is 16.7. The van der Waals surface area contributed by atoms with E-state index in [0.717, 1.165) is 6.26 Å². The van der Waals surface area contributed by atoms with Crippen LogP contribution in [0.5, 0.6) is 0 Å². The SMILES string of the molecule is CC(C)(CNC(=O)N1CCCC(C(=O)O)C1)S(C)(=O)=O. The molecule has 0 aliphatic carbocycles. The van der Waals surface area contributed by atoms with Crippen molar-refractivity contribution < 1.29 is 23.1 Å². The highest BCUT2D eigenvalue weighted by Crippen LogP contribution is 2.17. The molecule has 1 fully saturated rings. The monoisotopic (exact) mass is 306 g/mol. The second kappa shape index (κ2) is 5.99. The lowest BCUT2D eigenvalue weighted by Gasteiger charge is -2.32. The van der Waals surface area contributed by atoms with Crippen LogP contribution in [0.2, 0.25) is 0 Å². The van der Waals surface area contributed by atoms with Crippen LogP contribution in [0, 0.1) is 5.92 Å². The molecule has 116 valence electrons. The minimum Gasteiger partial charge on any atom is -0.481 e. The summed E-state index contributed by atoms with van der Waals surface area (Å²) in [7, 11) is -3.28. The van der Waals surface area contributed by atoms with E-state index in [1.807, 2.05) is 0 Å². The largest absolute Gasteiger partial charge is 0.481 e. The molecule has 0 aromatic rings. The Morgan fingerprint density at radius 1 is 1.40 bits per heavy atom. The zero-order chi connectivity index (χ0) is 15.6. The Kier molecular flexibility index (Phi) is 5.01. The van der Waals surface area contributed by atoms with Crippen LogP contribution in [0.15, 0.2) is 0 Å². The third kappa shape index (κ3) is 4.09. The first-order chi connectivity index (χ1) is 9.04. The van der Waals surface area contributed by atoms with E-state index in [9.17, 15) is 18.0 Å². The van der Waals surface area contributed by atoms with Crippen molar-refractivity contribution in [2.24, 2.45) is 5.92 Å². The molecule has 2 N–H and O–H groups in total. The van der Waals surface area contributed by atoms with Gasteiger partial charge in [-0.1, -0.05) is 0 Å². The number of piperidine rings is 1. The molecule has 20 heavy (non-hydrogen) atoms. The maximum Gasteiger partial charge on any atom is 0.317 e. The lowest BCUT2D eigenvalue weighted by atomic mass is 9.99. The van der Waals surface area contributed by atoms with Crippen LogP contribution in [0.3, 0.4) is 0 Å². The summed E-state index contributed by atoms with van der Waals surface area (Å²) in [5, 5.41) is 11.5. The maximum atomic E-state index is 12.0. The molecular formula is C12H22N2O5S. The van der Waals surface area contributed by atoms with E-state index in [1.54, 1.807) is 13.8 Å². The van der Waals surface area contributed by atoms with Gasteiger partial charge in [0.2, 0.25) is 0 Å². The number of carboxylic acid groups (broad SMARTS) is 1. The molecule has 0 spiro atoms. The van der Waals surface area contributed by atoms with Gasteiger partial charge in [-0.05, 0) is 26.7 Å². The minimum atomic E-state index is -3.28. The molecule has 0 aromatic heterocycles. The lowest BCUT2D eigenvalue weighted by molar-refractivity contribution is -0.143. The molecule has 0 bridgehead atoms. The number of urea groups is 1. The Morgan fingerprint density at radius 2 is 2.00 bits per heavy atom. The van der Waals surface area contributed by atoms with Crippen molar-refractivity contribution in [1.82, 2.24) is 10.2 Å². The predicted molar refractivity (Wildman–Crippen MR) is 74.3 cm³/mol. The fourth-order valence-electron chi connectivity index (χ4n) is 1.89. The summed E-state index contributed by atoms with van der Waals surface area (Å²) in [6.07, 6.45) is 2.33. The highest BCUT2D eigenvalue weighted by atomic mass is 32.2. The summed E-state index contributed by atoms with van der Waals surface area (Å²) in [4.78, 5) is 24.3. The number of carboxylic acids is 1. The van der Waals surface area contributed by atoms with Gasteiger partial charge in [0.1, 0.15) is 0 Å². The van der Waals surface area contributed by atoms with Crippen molar-refractivity contribution in [2.75, 3.05) is 25.9 Å². The van der Waals surface area contributed by atoms with Crippen molar-refractivity contribution >= 4 is 21.8 Å². The summed E-state index contributed by atoms with van der Waals surface area (Å²) in [5.74, 6) is -1.45. The number of aliphatic carboxylic acids is 1. The fourth-order valence-corrected chi connectivity index (χ4v) is 2.23. The Bertz CT molecular complexity index is 486. The van der Waals surface area contributed by atoms with E-state index in [2.05, 4.69) is 5.32 Å². The third-order valence-corrected chi connectivity index (χ3v) is 5.88. The minimum absolute atomic E-state index is 0.00109. The first-order valence-electron chi connectivity index (χ1n) is 6.50. The van der Waals surface area contributed by atoms with Gasteiger partial charge in [-0.2, -0.15) is 0 Å². The summed E-state index contributed by atoms with van der Waals surface area (Å²) in [6.45, 7) is 3.74. The maximum absolute atomic E-state index is 12.0. The van der Waals surface area contributed by atoms with Crippen LogP contribution in [0.25, 0.3) is 0 Å². The first-order valence-corrected chi connectivity index (χ1v) is 8.39. The van der Waals surface area contributed by atoms with Crippen LogP contribution in [-0.2, 0) is 14.6 Å².